The highest BCUT2D eigenvalue weighted by atomic mass is 16.5. The van der Waals surface area contributed by atoms with Crippen molar-refractivity contribution < 1.29 is 9.53 Å². The molecule has 7 nitrogen and oxygen atoms in total. The molecule has 0 fully saturated rings. The quantitative estimate of drug-likeness (QED) is 0.630. The molecule has 1 aromatic carbocycles. The monoisotopic (exact) mass is 360 g/mol. The second-order valence-corrected chi connectivity index (χ2v) is 6.11. The second-order valence-electron chi connectivity index (χ2n) is 6.11. The van der Waals surface area contributed by atoms with Crippen LogP contribution in [0.3, 0.4) is 0 Å². The Hall–Kier alpha value is -2.25. The van der Waals surface area contributed by atoms with Crippen molar-refractivity contribution in [1.82, 2.24) is 20.2 Å². The zero-order chi connectivity index (χ0) is 18.9. The van der Waals surface area contributed by atoms with E-state index in [1.54, 1.807) is 6.07 Å². The average molecular weight is 360 g/mol. The Labute approximate surface area is 153 Å². The molecule has 0 radical (unpaired) electrons. The van der Waals surface area contributed by atoms with Crippen LogP contribution in [0.5, 0.6) is 0 Å². The number of carbonyl (C=O) groups is 1. The Morgan fingerprint density at radius 2 is 2.12 bits per heavy atom. The molecule has 0 aliphatic carbocycles. The first-order valence-corrected chi connectivity index (χ1v) is 9.14. The van der Waals surface area contributed by atoms with Gasteiger partial charge in [-0.1, -0.05) is 19.1 Å². The molecule has 1 amide bonds. The number of hydrogen-bond acceptors (Lipinski definition) is 5. The summed E-state index contributed by atoms with van der Waals surface area (Å²) in [6, 6.07) is 6.92. The fraction of sp³-hybridized carbons (Fsp3) is 0.526. The number of nitrogens with one attached hydrogen (secondary N) is 2. The van der Waals surface area contributed by atoms with Gasteiger partial charge in [0.15, 0.2) is 0 Å². The van der Waals surface area contributed by atoms with E-state index in [1.165, 1.54) is 0 Å². The highest BCUT2D eigenvalue weighted by Crippen LogP contribution is 2.09. The van der Waals surface area contributed by atoms with Crippen molar-refractivity contribution in [2.75, 3.05) is 26.3 Å². The molecule has 0 spiro atoms. The molecule has 1 unspecified atom stereocenters. The van der Waals surface area contributed by atoms with E-state index in [9.17, 15) is 9.59 Å². The third-order valence-electron chi connectivity index (χ3n) is 4.32. The first kappa shape index (κ1) is 20.1. The number of amides is 1. The molecule has 2 rings (SSSR count). The molecule has 0 saturated carbocycles. The number of para-hydroxylation sites is 1. The van der Waals surface area contributed by atoms with Gasteiger partial charge in [0.2, 0.25) is 5.91 Å². The van der Waals surface area contributed by atoms with Gasteiger partial charge in [0.25, 0.3) is 5.56 Å². The van der Waals surface area contributed by atoms with Gasteiger partial charge in [-0.15, -0.1) is 0 Å². The van der Waals surface area contributed by atoms with Crippen molar-refractivity contribution in [3.63, 3.8) is 0 Å². The summed E-state index contributed by atoms with van der Waals surface area (Å²) in [6.45, 7) is 8.79. The minimum absolute atomic E-state index is 0.0357. The summed E-state index contributed by atoms with van der Waals surface area (Å²) in [7, 11) is 0. The summed E-state index contributed by atoms with van der Waals surface area (Å²) in [5.74, 6) is 0.526. The lowest BCUT2D eigenvalue weighted by Crippen LogP contribution is -2.45. The molecule has 1 heterocycles. The maximum Gasteiger partial charge on any atom is 0.258 e. The first-order chi connectivity index (χ1) is 12.6. The lowest BCUT2D eigenvalue weighted by atomic mass is 10.2. The van der Waals surface area contributed by atoms with Crippen LogP contribution in [-0.4, -0.2) is 53.1 Å². The summed E-state index contributed by atoms with van der Waals surface area (Å²) in [6.07, 6.45) is 0.790. The lowest BCUT2D eigenvalue weighted by Gasteiger charge is -2.26. The van der Waals surface area contributed by atoms with Crippen molar-refractivity contribution in [3.8, 4) is 0 Å². The van der Waals surface area contributed by atoms with Crippen LogP contribution in [0.15, 0.2) is 29.1 Å². The molecule has 0 saturated heterocycles. The Morgan fingerprint density at radius 1 is 1.35 bits per heavy atom. The number of aromatic nitrogens is 2. The van der Waals surface area contributed by atoms with E-state index in [1.807, 2.05) is 43.9 Å². The van der Waals surface area contributed by atoms with Crippen LogP contribution in [0.4, 0.5) is 0 Å². The molecule has 2 aromatic rings. The second kappa shape index (κ2) is 10.0. The number of nitrogens with zero attached hydrogens (tertiary/aromatic N) is 2. The Bertz CT molecular complexity index is 775. The van der Waals surface area contributed by atoms with E-state index in [0.717, 1.165) is 6.42 Å². The molecule has 2 N–H and O–H groups in total. The lowest BCUT2D eigenvalue weighted by molar-refractivity contribution is -0.126. The molecule has 0 aliphatic heterocycles. The van der Waals surface area contributed by atoms with Crippen LogP contribution in [0.2, 0.25) is 0 Å². The van der Waals surface area contributed by atoms with E-state index < -0.39 is 0 Å². The number of likely N-dealkylation sites (N-methyl/N-ethyl adjacent to an activating group) is 1. The predicted octanol–water partition coefficient (Wildman–Crippen LogP) is 1.68. The van der Waals surface area contributed by atoms with Gasteiger partial charge in [-0.25, -0.2) is 4.98 Å². The Balaban J connectivity index is 1.99. The van der Waals surface area contributed by atoms with Crippen LogP contribution >= 0.6 is 0 Å². The van der Waals surface area contributed by atoms with Crippen molar-refractivity contribution in [3.05, 3.63) is 40.4 Å². The number of carbonyl (C=O) groups excluding carboxylic acids is 1. The maximum atomic E-state index is 12.4. The largest absolute Gasteiger partial charge is 0.382 e. The van der Waals surface area contributed by atoms with E-state index in [2.05, 4.69) is 15.3 Å². The number of H-pyrrole nitrogens is 1. The number of aromatic amines is 1. The first-order valence-electron chi connectivity index (χ1n) is 9.14. The number of fused-ring (bicyclic) bond motifs is 1. The average Bonchev–Trinajstić information content (AvgIpc) is 2.65. The van der Waals surface area contributed by atoms with Crippen LogP contribution in [-0.2, 0) is 16.1 Å². The van der Waals surface area contributed by atoms with Gasteiger partial charge >= 0.3 is 0 Å². The molecule has 1 atom stereocenters. The molecular weight excluding hydrogens is 332 g/mol. The molecule has 1 aromatic heterocycles. The van der Waals surface area contributed by atoms with Crippen molar-refractivity contribution in [2.24, 2.45) is 0 Å². The molecular formula is C19H28N4O3. The van der Waals surface area contributed by atoms with E-state index in [4.69, 9.17) is 4.74 Å². The van der Waals surface area contributed by atoms with E-state index in [-0.39, 0.29) is 17.5 Å². The summed E-state index contributed by atoms with van der Waals surface area (Å²) in [5, 5.41) is 3.50. The van der Waals surface area contributed by atoms with Gasteiger partial charge in [-0.2, -0.15) is 0 Å². The minimum atomic E-state index is -0.316. The zero-order valence-electron chi connectivity index (χ0n) is 15.7. The van der Waals surface area contributed by atoms with Crippen molar-refractivity contribution in [1.29, 1.82) is 0 Å². The number of benzene rings is 1. The highest BCUT2D eigenvalue weighted by molar-refractivity contribution is 5.81. The molecule has 142 valence electrons. The summed E-state index contributed by atoms with van der Waals surface area (Å²) in [5.41, 5.74) is 0.505. The third kappa shape index (κ3) is 5.37. The topological polar surface area (TPSA) is 87.3 Å². The number of hydrogen-bond donors (Lipinski definition) is 2. The van der Waals surface area contributed by atoms with Crippen molar-refractivity contribution in [2.45, 2.75) is 39.8 Å². The number of ether oxygens (including phenoxy) is 1. The molecule has 0 bridgehead atoms. The van der Waals surface area contributed by atoms with Gasteiger partial charge in [0.05, 0.1) is 23.5 Å². The van der Waals surface area contributed by atoms with Crippen LogP contribution in [0.1, 0.15) is 33.0 Å². The third-order valence-corrected chi connectivity index (χ3v) is 4.32. The Kier molecular flexibility index (Phi) is 7.74. The van der Waals surface area contributed by atoms with Gasteiger partial charge < -0.3 is 15.0 Å². The molecule has 26 heavy (non-hydrogen) atoms. The zero-order valence-corrected chi connectivity index (χ0v) is 15.7. The normalized spacial score (nSPS) is 12.5. The predicted molar refractivity (Wildman–Crippen MR) is 102 cm³/mol. The van der Waals surface area contributed by atoms with Crippen molar-refractivity contribution >= 4 is 16.8 Å². The Morgan fingerprint density at radius 3 is 2.85 bits per heavy atom. The summed E-state index contributed by atoms with van der Waals surface area (Å²) >= 11 is 0. The minimum Gasteiger partial charge on any atom is -0.382 e. The fourth-order valence-corrected chi connectivity index (χ4v) is 2.77. The van der Waals surface area contributed by atoms with Crippen LogP contribution in [0.25, 0.3) is 10.9 Å². The summed E-state index contributed by atoms with van der Waals surface area (Å²) in [4.78, 5) is 33.9. The standard InChI is InChI=1S/C19H28N4O3/c1-4-23(14(3)18(24)20-11-8-12-26-5-2)13-17-21-16-10-7-6-9-15(16)19(25)22-17/h6-7,9-10,14H,4-5,8,11-13H2,1-3H3,(H,20,24)(H,21,22,25). The van der Waals surface area contributed by atoms with Gasteiger partial charge in [-0.3, -0.25) is 14.5 Å². The van der Waals surface area contributed by atoms with Crippen LogP contribution in [0, 0.1) is 0 Å². The summed E-state index contributed by atoms with van der Waals surface area (Å²) < 4.78 is 5.27. The van der Waals surface area contributed by atoms with Gasteiger partial charge in [0.1, 0.15) is 5.82 Å². The molecule has 0 aliphatic rings. The van der Waals surface area contributed by atoms with Gasteiger partial charge in [0, 0.05) is 19.8 Å². The van der Waals surface area contributed by atoms with Crippen LogP contribution < -0.4 is 10.9 Å². The van der Waals surface area contributed by atoms with Gasteiger partial charge in [-0.05, 0) is 38.9 Å². The molecule has 7 heteroatoms. The SMILES string of the molecule is CCOCCCNC(=O)C(C)N(CC)Cc1nc2ccccc2c(=O)[nH]1. The van der Waals surface area contributed by atoms with E-state index >= 15 is 0 Å². The number of rotatable bonds is 10. The maximum absolute atomic E-state index is 12.4. The smallest absolute Gasteiger partial charge is 0.258 e. The van der Waals surface area contributed by atoms with E-state index in [0.29, 0.717) is 49.6 Å². The highest BCUT2D eigenvalue weighted by Gasteiger charge is 2.20. The fourth-order valence-electron chi connectivity index (χ4n) is 2.77.